The summed E-state index contributed by atoms with van der Waals surface area (Å²) in [5, 5.41) is 6.97. The molecule has 1 aromatic heterocycles. The maximum absolute atomic E-state index is 11.9. The molecule has 0 amide bonds. The van der Waals surface area contributed by atoms with Crippen LogP contribution >= 0.6 is 0 Å². The fourth-order valence-electron chi connectivity index (χ4n) is 1.71. The summed E-state index contributed by atoms with van der Waals surface area (Å²) in [6.45, 7) is 0. The number of carbonyl (C=O) groups excluding carboxylic acids is 4. The van der Waals surface area contributed by atoms with Crippen LogP contribution in [0.25, 0.3) is 0 Å². The van der Waals surface area contributed by atoms with Crippen molar-refractivity contribution in [3.05, 3.63) is 34.7 Å². The quantitative estimate of drug-likeness (QED) is 0.693. The second kappa shape index (κ2) is 5.00. The van der Waals surface area contributed by atoms with Gasteiger partial charge in [0.15, 0.2) is 23.0 Å². The highest BCUT2D eigenvalue weighted by Crippen LogP contribution is 2.22. The Morgan fingerprint density at radius 1 is 0.850 bits per heavy atom. The SMILES string of the molecule is COC(=O)c1nnc(C(=O)OC)c2c1C(=O)C=CC2=O. The van der Waals surface area contributed by atoms with Gasteiger partial charge < -0.3 is 9.47 Å². The molecule has 0 fully saturated rings. The Balaban J connectivity index is 2.79. The van der Waals surface area contributed by atoms with Gasteiger partial charge in [0.1, 0.15) is 0 Å². The van der Waals surface area contributed by atoms with Crippen molar-refractivity contribution >= 4 is 23.5 Å². The van der Waals surface area contributed by atoms with Crippen molar-refractivity contribution in [2.75, 3.05) is 14.2 Å². The van der Waals surface area contributed by atoms with E-state index in [1.807, 2.05) is 0 Å². The summed E-state index contributed by atoms with van der Waals surface area (Å²) in [6.07, 6.45) is 1.97. The second-order valence-electron chi connectivity index (χ2n) is 3.69. The van der Waals surface area contributed by atoms with Crippen LogP contribution in [-0.4, -0.2) is 47.9 Å². The number of rotatable bonds is 2. The van der Waals surface area contributed by atoms with E-state index in [1.54, 1.807) is 0 Å². The van der Waals surface area contributed by atoms with Gasteiger partial charge in [-0.25, -0.2) is 9.59 Å². The van der Waals surface area contributed by atoms with E-state index in [1.165, 1.54) is 0 Å². The molecule has 1 aliphatic rings. The molecule has 0 saturated heterocycles. The minimum atomic E-state index is -0.929. The number of hydrogen-bond donors (Lipinski definition) is 0. The van der Waals surface area contributed by atoms with Gasteiger partial charge in [0, 0.05) is 0 Å². The molecule has 1 heterocycles. The van der Waals surface area contributed by atoms with Crippen LogP contribution in [0.3, 0.4) is 0 Å². The number of carbonyl (C=O) groups is 4. The van der Waals surface area contributed by atoms with Crippen LogP contribution in [-0.2, 0) is 9.47 Å². The lowest BCUT2D eigenvalue weighted by Crippen LogP contribution is -2.25. The van der Waals surface area contributed by atoms with Crippen LogP contribution in [0.4, 0.5) is 0 Å². The molecule has 0 N–H and O–H groups in total. The highest BCUT2D eigenvalue weighted by atomic mass is 16.5. The van der Waals surface area contributed by atoms with Crippen molar-refractivity contribution in [3.8, 4) is 0 Å². The molecule has 2 rings (SSSR count). The third kappa shape index (κ3) is 1.96. The van der Waals surface area contributed by atoms with Crippen LogP contribution < -0.4 is 0 Å². The van der Waals surface area contributed by atoms with Crippen molar-refractivity contribution in [2.45, 2.75) is 0 Å². The highest BCUT2D eigenvalue weighted by molar-refractivity contribution is 6.26. The Kier molecular flexibility index (Phi) is 3.38. The standard InChI is InChI=1S/C12H8N2O6/c1-19-11(17)9-7-5(15)3-4-6(16)8(7)10(14-13-9)12(18)20-2/h3-4H,1-2H3. The number of methoxy groups -OCH3 is 2. The lowest BCUT2D eigenvalue weighted by Gasteiger charge is -2.13. The molecular formula is C12H8N2O6. The molecule has 0 unspecified atom stereocenters. The lowest BCUT2D eigenvalue weighted by molar-refractivity contribution is 0.0569. The molecule has 0 aromatic carbocycles. The number of ether oxygens (including phenoxy) is 2. The average Bonchev–Trinajstić information content (AvgIpc) is 2.48. The van der Waals surface area contributed by atoms with Crippen molar-refractivity contribution in [1.82, 2.24) is 10.2 Å². The number of esters is 2. The van der Waals surface area contributed by atoms with Crippen LogP contribution in [0.15, 0.2) is 12.2 Å². The maximum Gasteiger partial charge on any atom is 0.359 e. The zero-order chi connectivity index (χ0) is 14.9. The summed E-state index contributed by atoms with van der Waals surface area (Å²) in [4.78, 5) is 46.9. The number of fused-ring (bicyclic) bond motifs is 1. The number of hydrogen-bond acceptors (Lipinski definition) is 8. The number of aromatic nitrogens is 2. The van der Waals surface area contributed by atoms with Gasteiger partial charge in [-0.05, 0) is 12.2 Å². The van der Waals surface area contributed by atoms with E-state index in [9.17, 15) is 19.2 Å². The third-order valence-electron chi connectivity index (χ3n) is 2.61. The summed E-state index contributed by atoms with van der Waals surface area (Å²) in [7, 11) is 2.19. The topological polar surface area (TPSA) is 113 Å². The minimum Gasteiger partial charge on any atom is -0.464 e. The predicted octanol–water partition coefficient (Wildman–Crippen LogP) is -0.0150. The smallest absolute Gasteiger partial charge is 0.359 e. The molecule has 1 aliphatic carbocycles. The number of ketones is 2. The highest BCUT2D eigenvalue weighted by Gasteiger charge is 2.33. The van der Waals surface area contributed by atoms with E-state index in [2.05, 4.69) is 19.7 Å². The molecular weight excluding hydrogens is 268 g/mol. The third-order valence-corrected chi connectivity index (χ3v) is 2.61. The molecule has 0 atom stereocenters. The molecule has 0 bridgehead atoms. The average molecular weight is 276 g/mol. The molecule has 0 aliphatic heterocycles. The van der Waals surface area contributed by atoms with Crippen LogP contribution in [0, 0.1) is 0 Å². The van der Waals surface area contributed by atoms with Gasteiger partial charge in [0.05, 0.1) is 25.3 Å². The molecule has 1 aromatic rings. The first-order chi connectivity index (χ1) is 9.51. The van der Waals surface area contributed by atoms with Gasteiger partial charge >= 0.3 is 11.9 Å². The second-order valence-corrected chi connectivity index (χ2v) is 3.69. The molecule has 20 heavy (non-hydrogen) atoms. The summed E-state index contributed by atoms with van der Waals surface area (Å²) < 4.78 is 8.93. The summed E-state index contributed by atoms with van der Waals surface area (Å²) >= 11 is 0. The zero-order valence-electron chi connectivity index (χ0n) is 10.5. The van der Waals surface area contributed by atoms with E-state index in [-0.39, 0.29) is 11.1 Å². The van der Waals surface area contributed by atoms with Crippen molar-refractivity contribution in [1.29, 1.82) is 0 Å². The largest absolute Gasteiger partial charge is 0.464 e. The fourth-order valence-corrected chi connectivity index (χ4v) is 1.71. The van der Waals surface area contributed by atoms with Gasteiger partial charge in [-0.2, -0.15) is 0 Å². The molecule has 0 radical (unpaired) electrons. The summed E-state index contributed by atoms with van der Waals surface area (Å²) in [6, 6.07) is 0. The predicted molar refractivity (Wildman–Crippen MR) is 62.5 cm³/mol. The van der Waals surface area contributed by atoms with E-state index in [0.29, 0.717) is 0 Å². The normalized spacial score (nSPS) is 12.9. The Bertz CT molecular complexity index is 620. The minimum absolute atomic E-state index is 0.306. The van der Waals surface area contributed by atoms with E-state index in [4.69, 9.17) is 0 Å². The summed E-state index contributed by atoms with van der Waals surface area (Å²) in [5.74, 6) is -3.14. The summed E-state index contributed by atoms with van der Waals surface area (Å²) in [5.41, 5.74) is -1.45. The first kappa shape index (κ1) is 13.5. The van der Waals surface area contributed by atoms with Gasteiger partial charge in [-0.3, -0.25) is 9.59 Å². The Morgan fingerprint density at radius 3 is 1.50 bits per heavy atom. The first-order valence-corrected chi connectivity index (χ1v) is 5.35. The van der Waals surface area contributed by atoms with Crippen molar-refractivity contribution in [2.24, 2.45) is 0 Å². The zero-order valence-corrected chi connectivity index (χ0v) is 10.5. The molecule has 102 valence electrons. The van der Waals surface area contributed by atoms with Crippen LogP contribution in [0.5, 0.6) is 0 Å². The fraction of sp³-hybridized carbons (Fsp3) is 0.167. The molecule has 8 nitrogen and oxygen atoms in total. The van der Waals surface area contributed by atoms with Crippen molar-refractivity contribution < 1.29 is 28.7 Å². The van der Waals surface area contributed by atoms with E-state index in [0.717, 1.165) is 26.4 Å². The molecule has 8 heteroatoms. The number of allylic oxidation sites excluding steroid dienone is 2. The Hall–Kier alpha value is -2.90. The van der Waals surface area contributed by atoms with E-state index >= 15 is 0 Å². The number of nitrogens with zero attached hydrogens (tertiary/aromatic N) is 2. The van der Waals surface area contributed by atoms with Gasteiger partial charge in [0.2, 0.25) is 0 Å². The monoisotopic (exact) mass is 276 g/mol. The lowest BCUT2D eigenvalue weighted by atomic mass is 9.92. The Labute approximate surface area is 112 Å². The van der Waals surface area contributed by atoms with Gasteiger partial charge in [-0.15, -0.1) is 10.2 Å². The maximum atomic E-state index is 11.9. The van der Waals surface area contributed by atoms with Crippen LogP contribution in [0.1, 0.15) is 41.7 Å². The molecule has 0 spiro atoms. The van der Waals surface area contributed by atoms with Gasteiger partial charge in [0.25, 0.3) is 0 Å². The van der Waals surface area contributed by atoms with Crippen LogP contribution in [0.2, 0.25) is 0 Å². The van der Waals surface area contributed by atoms with E-state index < -0.39 is 34.9 Å². The van der Waals surface area contributed by atoms with Crippen molar-refractivity contribution in [3.63, 3.8) is 0 Å². The molecule has 0 saturated carbocycles. The first-order valence-electron chi connectivity index (χ1n) is 5.35. The Morgan fingerprint density at radius 2 is 1.20 bits per heavy atom. The van der Waals surface area contributed by atoms with Gasteiger partial charge in [-0.1, -0.05) is 0 Å².